The summed E-state index contributed by atoms with van der Waals surface area (Å²) in [5.41, 5.74) is 6.58. The summed E-state index contributed by atoms with van der Waals surface area (Å²) in [7, 11) is 0. The second-order valence-corrected chi connectivity index (χ2v) is 5.87. The molecule has 2 aromatic rings. The van der Waals surface area contributed by atoms with Crippen LogP contribution in [0, 0.1) is 0 Å². The summed E-state index contributed by atoms with van der Waals surface area (Å²) in [6, 6.07) is 7.81. The molecule has 0 radical (unpaired) electrons. The summed E-state index contributed by atoms with van der Waals surface area (Å²) in [6.07, 6.45) is 1.71. The molecule has 110 valence electrons. The fourth-order valence-electron chi connectivity index (χ4n) is 1.97. The Kier molecular flexibility index (Phi) is 5.99. The molecule has 20 heavy (non-hydrogen) atoms. The van der Waals surface area contributed by atoms with Crippen molar-refractivity contribution in [3.8, 4) is 0 Å². The van der Waals surface area contributed by atoms with Crippen molar-refractivity contribution in [2.45, 2.75) is 32.2 Å². The van der Waals surface area contributed by atoms with E-state index in [9.17, 15) is 4.79 Å². The average molecular weight is 313 g/mol. The van der Waals surface area contributed by atoms with Crippen molar-refractivity contribution < 1.29 is 4.79 Å². The summed E-state index contributed by atoms with van der Waals surface area (Å²) in [6.45, 7) is 4.61. The average Bonchev–Trinajstić information content (AvgIpc) is 2.91. The topological polar surface area (TPSA) is 55.1 Å². The number of halogens is 1. The van der Waals surface area contributed by atoms with Crippen molar-refractivity contribution in [1.82, 2.24) is 5.32 Å². The zero-order valence-electron chi connectivity index (χ0n) is 11.8. The van der Waals surface area contributed by atoms with Crippen LogP contribution in [0.1, 0.15) is 37.0 Å². The number of thiophene rings is 1. The Morgan fingerprint density at radius 1 is 1.30 bits per heavy atom. The molecule has 3 nitrogen and oxygen atoms in total. The largest absolute Gasteiger partial charge is 0.350 e. The van der Waals surface area contributed by atoms with E-state index in [-0.39, 0.29) is 23.9 Å². The molecule has 0 saturated heterocycles. The Hall–Kier alpha value is -1.10. The zero-order valence-corrected chi connectivity index (χ0v) is 13.4. The molecule has 2 rings (SSSR count). The first-order valence-electron chi connectivity index (χ1n) is 6.62. The second kappa shape index (κ2) is 7.07. The van der Waals surface area contributed by atoms with Crippen molar-refractivity contribution in [3.05, 3.63) is 35.2 Å². The smallest absolute Gasteiger partial charge is 0.251 e. The molecule has 3 N–H and O–H groups in total. The molecular formula is C15H21ClN2OS. The van der Waals surface area contributed by atoms with Crippen molar-refractivity contribution >= 4 is 39.7 Å². The fourth-order valence-corrected chi connectivity index (χ4v) is 2.74. The van der Waals surface area contributed by atoms with Gasteiger partial charge >= 0.3 is 0 Å². The Morgan fingerprint density at radius 2 is 2.00 bits per heavy atom. The third-order valence-corrected chi connectivity index (χ3v) is 4.62. The molecule has 0 saturated carbocycles. The van der Waals surface area contributed by atoms with Crippen LogP contribution in [0.2, 0.25) is 0 Å². The van der Waals surface area contributed by atoms with Gasteiger partial charge in [0, 0.05) is 22.3 Å². The van der Waals surface area contributed by atoms with E-state index in [1.54, 1.807) is 11.3 Å². The SMILES string of the molecule is CCC(N)(CC)CNC(=O)c1ccc2sccc2c1.Cl. The molecule has 0 aliphatic carbocycles. The number of carbonyl (C=O) groups is 1. The monoisotopic (exact) mass is 312 g/mol. The van der Waals surface area contributed by atoms with E-state index < -0.39 is 0 Å². The standard InChI is InChI=1S/C15H20N2OS.ClH/c1-3-15(16,4-2)10-17-14(18)12-5-6-13-11(9-12)7-8-19-13;/h5-9H,3-4,10,16H2,1-2H3,(H,17,18);1H. The highest BCUT2D eigenvalue weighted by Crippen LogP contribution is 2.21. The van der Waals surface area contributed by atoms with E-state index in [0.717, 1.165) is 18.2 Å². The van der Waals surface area contributed by atoms with Gasteiger partial charge in [0.2, 0.25) is 0 Å². The van der Waals surface area contributed by atoms with Crippen LogP contribution in [-0.2, 0) is 0 Å². The minimum atomic E-state index is -0.303. The minimum Gasteiger partial charge on any atom is -0.350 e. The maximum atomic E-state index is 12.1. The van der Waals surface area contributed by atoms with Crippen LogP contribution in [-0.4, -0.2) is 18.0 Å². The highest BCUT2D eigenvalue weighted by molar-refractivity contribution is 7.17. The number of carbonyl (C=O) groups excluding carboxylic acids is 1. The lowest BCUT2D eigenvalue weighted by Gasteiger charge is -2.26. The number of nitrogens with two attached hydrogens (primary N) is 1. The highest BCUT2D eigenvalue weighted by atomic mass is 35.5. The number of fused-ring (bicyclic) bond motifs is 1. The molecule has 1 heterocycles. The molecule has 0 spiro atoms. The molecule has 0 aliphatic heterocycles. The number of amides is 1. The lowest BCUT2D eigenvalue weighted by molar-refractivity contribution is 0.0942. The van der Waals surface area contributed by atoms with E-state index in [2.05, 4.69) is 5.32 Å². The van der Waals surface area contributed by atoms with Gasteiger partial charge < -0.3 is 11.1 Å². The Morgan fingerprint density at radius 3 is 2.65 bits per heavy atom. The number of hydrogen-bond acceptors (Lipinski definition) is 3. The van der Waals surface area contributed by atoms with Crippen LogP contribution >= 0.6 is 23.7 Å². The molecular weight excluding hydrogens is 292 g/mol. The summed E-state index contributed by atoms with van der Waals surface area (Å²) < 4.78 is 1.20. The van der Waals surface area contributed by atoms with Crippen molar-refractivity contribution in [2.75, 3.05) is 6.54 Å². The lowest BCUT2D eigenvalue weighted by Crippen LogP contribution is -2.49. The third kappa shape index (κ3) is 3.72. The minimum absolute atomic E-state index is 0. The Labute approximate surface area is 130 Å². The van der Waals surface area contributed by atoms with Gasteiger partial charge in [0.15, 0.2) is 0 Å². The molecule has 0 aliphatic rings. The van der Waals surface area contributed by atoms with Gasteiger partial charge in [0.1, 0.15) is 0 Å². The number of nitrogens with one attached hydrogen (secondary N) is 1. The molecule has 0 atom stereocenters. The van der Waals surface area contributed by atoms with Crippen LogP contribution in [0.4, 0.5) is 0 Å². The number of hydrogen-bond donors (Lipinski definition) is 2. The second-order valence-electron chi connectivity index (χ2n) is 4.93. The van der Waals surface area contributed by atoms with E-state index in [1.165, 1.54) is 4.70 Å². The summed E-state index contributed by atoms with van der Waals surface area (Å²) in [5.74, 6) is -0.0511. The normalized spacial score (nSPS) is 11.2. The first kappa shape index (κ1) is 17.0. The van der Waals surface area contributed by atoms with Gasteiger partial charge in [-0.05, 0) is 47.9 Å². The molecule has 1 amide bonds. The molecule has 1 aromatic carbocycles. The highest BCUT2D eigenvalue weighted by Gasteiger charge is 2.21. The maximum absolute atomic E-state index is 12.1. The molecule has 0 fully saturated rings. The Balaban J connectivity index is 0.00000200. The summed E-state index contributed by atoms with van der Waals surface area (Å²) >= 11 is 1.68. The molecule has 1 aromatic heterocycles. The van der Waals surface area contributed by atoms with Gasteiger partial charge in [-0.2, -0.15) is 0 Å². The van der Waals surface area contributed by atoms with Gasteiger partial charge in [-0.1, -0.05) is 13.8 Å². The number of rotatable bonds is 5. The van der Waals surface area contributed by atoms with Gasteiger partial charge in [-0.25, -0.2) is 0 Å². The van der Waals surface area contributed by atoms with Crippen LogP contribution in [0.5, 0.6) is 0 Å². The van der Waals surface area contributed by atoms with Crippen LogP contribution in [0.15, 0.2) is 29.6 Å². The zero-order chi connectivity index (χ0) is 13.9. The predicted molar refractivity (Wildman–Crippen MR) is 88.9 cm³/mol. The summed E-state index contributed by atoms with van der Waals surface area (Å²) in [5, 5.41) is 6.08. The van der Waals surface area contributed by atoms with Crippen LogP contribution < -0.4 is 11.1 Å². The Bertz CT molecular complexity index is 578. The molecule has 0 unspecified atom stereocenters. The molecule has 5 heteroatoms. The van der Waals surface area contributed by atoms with Gasteiger partial charge in [0.25, 0.3) is 5.91 Å². The van der Waals surface area contributed by atoms with Gasteiger partial charge in [0.05, 0.1) is 0 Å². The van der Waals surface area contributed by atoms with Crippen LogP contribution in [0.25, 0.3) is 10.1 Å². The summed E-state index contributed by atoms with van der Waals surface area (Å²) in [4.78, 5) is 12.1. The van der Waals surface area contributed by atoms with E-state index in [0.29, 0.717) is 12.1 Å². The fraction of sp³-hybridized carbons (Fsp3) is 0.400. The van der Waals surface area contributed by atoms with E-state index in [4.69, 9.17) is 5.73 Å². The lowest BCUT2D eigenvalue weighted by atomic mass is 9.94. The van der Waals surface area contributed by atoms with Crippen molar-refractivity contribution in [1.29, 1.82) is 0 Å². The predicted octanol–water partition coefficient (Wildman–Crippen LogP) is 3.57. The third-order valence-electron chi connectivity index (χ3n) is 3.72. The quantitative estimate of drug-likeness (QED) is 0.886. The maximum Gasteiger partial charge on any atom is 0.251 e. The molecule has 0 bridgehead atoms. The van der Waals surface area contributed by atoms with Crippen molar-refractivity contribution in [2.24, 2.45) is 5.73 Å². The first-order valence-corrected chi connectivity index (χ1v) is 7.50. The number of benzene rings is 1. The van der Waals surface area contributed by atoms with Crippen molar-refractivity contribution in [3.63, 3.8) is 0 Å². The van der Waals surface area contributed by atoms with Gasteiger partial charge in [-0.15, -0.1) is 23.7 Å². The van der Waals surface area contributed by atoms with E-state index in [1.807, 2.05) is 43.5 Å². The first-order chi connectivity index (χ1) is 9.08. The van der Waals surface area contributed by atoms with Gasteiger partial charge in [-0.3, -0.25) is 4.79 Å². The van der Waals surface area contributed by atoms with Crippen LogP contribution in [0.3, 0.4) is 0 Å². The van der Waals surface area contributed by atoms with E-state index >= 15 is 0 Å².